The lowest BCUT2D eigenvalue weighted by molar-refractivity contribution is -0.122. The Kier molecular flexibility index (Phi) is 4.95. The van der Waals surface area contributed by atoms with E-state index in [9.17, 15) is 4.79 Å². The third-order valence-corrected chi connectivity index (χ3v) is 5.12. The fourth-order valence-electron chi connectivity index (χ4n) is 3.80. The summed E-state index contributed by atoms with van der Waals surface area (Å²) in [6.45, 7) is 0.602. The highest BCUT2D eigenvalue weighted by Crippen LogP contribution is 2.26. The number of rotatable bonds is 5. The molecule has 134 valence electrons. The summed E-state index contributed by atoms with van der Waals surface area (Å²) in [4.78, 5) is 21.4. The number of aromatic nitrogens is 3. The second-order valence-corrected chi connectivity index (χ2v) is 6.96. The molecule has 0 aromatic carbocycles. The fraction of sp³-hybridized carbons (Fsp3) is 0.381. The van der Waals surface area contributed by atoms with Gasteiger partial charge in [-0.3, -0.25) is 9.78 Å². The molecule has 1 fully saturated rings. The minimum absolute atomic E-state index is 0.127. The molecule has 4 rings (SSSR count). The van der Waals surface area contributed by atoms with Crippen molar-refractivity contribution in [3.8, 4) is 11.4 Å². The molecule has 3 aromatic heterocycles. The Morgan fingerprint density at radius 2 is 1.92 bits per heavy atom. The van der Waals surface area contributed by atoms with E-state index < -0.39 is 0 Å². The summed E-state index contributed by atoms with van der Waals surface area (Å²) in [7, 11) is 0. The summed E-state index contributed by atoms with van der Waals surface area (Å²) in [6, 6.07) is 12.3. The monoisotopic (exact) mass is 348 g/mol. The van der Waals surface area contributed by atoms with Gasteiger partial charge in [-0.05, 0) is 43.2 Å². The average molecular weight is 348 g/mol. The average Bonchev–Trinajstić information content (AvgIpc) is 3.06. The van der Waals surface area contributed by atoms with E-state index in [1.54, 1.807) is 12.4 Å². The van der Waals surface area contributed by atoms with Crippen molar-refractivity contribution in [1.29, 1.82) is 0 Å². The number of nitrogens with zero attached hydrogens (tertiary/aromatic N) is 3. The maximum atomic E-state index is 12.4. The number of hydrogen-bond acceptors (Lipinski definition) is 3. The number of carbonyl (C=O) groups excluding carboxylic acids is 1. The number of fused-ring (bicyclic) bond motifs is 1. The van der Waals surface area contributed by atoms with Gasteiger partial charge in [0.1, 0.15) is 5.65 Å². The zero-order valence-corrected chi connectivity index (χ0v) is 14.9. The summed E-state index contributed by atoms with van der Waals surface area (Å²) in [5.41, 5.74) is 2.81. The molecule has 1 aliphatic rings. The van der Waals surface area contributed by atoms with E-state index in [1.165, 1.54) is 19.3 Å². The number of aryl methyl sites for hydroxylation is 1. The van der Waals surface area contributed by atoms with Gasteiger partial charge in [0.25, 0.3) is 0 Å². The summed E-state index contributed by atoms with van der Waals surface area (Å²) < 4.78 is 2.11. The van der Waals surface area contributed by atoms with Crippen molar-refractivity contribution in [2.45, 2.75) is 51.1 Å². The predicted octanol–water partition coefficient (Wildman–Crippen LogP) is 3.94. The topological polar surface area (TPSA) is 59.8 Å². The lowest BCUT2D eigenvalue weighted by Gasteiger charge is -2.22. The van der Waals surface area contributed by atoms with Crippen molar-refractivity contribution in [2.24, 2.45) is 0 Å². The molecule has 1 saturated carbocycles. The molecule has 3 heterocycles. The number of amides is 1. The van der Waals surface area contributed by atoms with E-state index >= 15 is 0 Å². The van der Waals surface area contributed by atoms with Crippen molar-refractivity contribution >= 4 is 16.9 Å². The van der Waals surface area contributed by atoms with Crippen LogP contribution in [-0.4, -0.2) is 26.5 Å². The SMILES string of the molecule is O=C(CCn1c(-c2ccccn2)cc2cccnc21)NC1CCCCC1. The van der Waals surface area contributed by atoms with Gasteiger partial charge in [0.15, 0.2) is 0 Å². The summed E-state index contributed by atoms with van der Waals surface area (Å²) in [5, 5.41) is 4.27. The van der Waals surface area contributed by atoms with Gasteiger partial charge >= 0.3 is 0 Å². The molecular weight excluding hydrogens is 324 g/mol. The van der Waals surface area contributed by atoms with E-state index in [0.717, 1.165) is 35.3 Å². The molecule has 0 saturated heterocycles. The van der Waals surface area contributed by atoms with Gasteiger partial charge in [0.05, 0.1) is 11.4 Å². The first-order chi connectivity index (χ1) is 12.8. The second-order valence-electron chi connectivity index (χ2n) is 6.96. The Morgan fingerprint density at radius 3 is 2.73 bits per heavy atom. The van der Waals surface area contributed by atoms with Crippen LogP contribution in [0, 0.1) is 0 Å². The highest BCUT2D eigenvalue weighted by molar-refractivity contribution is 5.84. The van der Waals surface area contributed by atoms with Gasteiger partial charge in [-0.1, -0.05) is 25.3 Å². The lowest BCUT2D eigenvalue weighted by Crippen LogP contribution is -2.36. The first-order valence-corrected chi connectivity index (χ1v) is 9.46. The van der Waals surface area contributed by atoms with Crippen LogP contribution in [0.25, 0.3) is 22.4 Å². The van der Waals surface area contributed by atoms with Crippen molar-refractivity contribution in [3.05, 3.63) is 48.8 Å². The normalized spacial score (nSPS) is 15.2. The van der Waals surface area contributed by atoms with Crippen molar-refractivity contribution in [1.82, 2.24) is 19.9 Å². The Labute approximate surface area is 153 Å². The van der Waals surface area contributed by atoms with Gasteiger partial charge in [0, 0.05) is 36.8 Å². The maximum Gasteiger partial charge on any atom is 0.222 e. The maximum absolute atomic E-state index is 12.4. The summed E-state index contributed by atoms with van der Waals surface area (Å²) in [6.07, 6.45) is 10.0. The molecule has 26 heavy (non-hydrogen) atoms. The van der Waals surface area contributed by atoms with Gasteiger partial charge in [-0.2, -0.15) is 0 Å². The minimum Gasteiger partial charge on any atom is -0.353 e. The molecule has 1 N–H and O–H groups in total. The van der Waals surface area contributed by atoms with Crippen LogP contribution in [0.5, 0.6) is 0 Å². The van der Waals surface area contributed by atoms with E-state index in [-0.39, 0.29) is 5.91 Å². The zero-order chi connectivity index (χ0) is 17.8. The highest BCUT2D eigenvalue weighted by Gasteiger charge is 2.17. The largest absolute Gasteiger partial charge is 0.353 e. The third-order valence-electron chi connectivity index (χ3n) is 5.12. The van der Waals surface area contributed by atoms with E-state index in [0.29, 0.717) is 19.0 Å². The first kappa shape index (κ1) is 16.8. The molecular formula is C21H24N4O. The number of nitrogens with one attached hydrogen (secondary N) is 1. The van der Waals surface area contributed by atoms with Crippen molar-refractivity contribution in [2.75, 3.05) is 0 Å². The van der Waals surface area contributed by atoms with Crippen LogP contribution in [0.1, 0.15) is 38.5 Å². The third kappa shape index (κ3) is 3.62. The molecule has 0 unspecified atom stereocenters. The molecule has 5 heteroatoms. The summed E-state index contributed by atoms with van der Waals surface area (Å²) in [5.74, 6) is 0.127. The van der Waals surface area contributed by atoms with Crippen LogP contribution >= 0.6 is 0 Å². The molecule has 0 atom stereocenters. The molecule has 5 nitrogen and oxygen atoms in total. The Bertz CT molecular complexity index is 881. The number of pyridine rings is 2. The number of carbonyl (C=O) groups is 1. The van der Waals surface area contributed by atoms with E-state index in [1.807, 2.05) is 30.3 Å². The predicted molar refractivity (Wildman–Crippen MR) is 103 cm³/mol. The highest BCUT2D eigenvalue weighted by atomic mass is 16.1. The van der Waals surface area contributed by atoms with Gasteiger partial charge < -0.3 is 9.88 Å². The van der Waals surface area contributed by atoms with Gasteiger partial charge in [-0.25, -0.2) is 4.98 Å². The van der Waals surface area contributed by atoms with Crippen LogP contribution in [0.15, 0.2) is 48.8 Å². The summed E-state index contributed by atoms with van der Waals surface area (Å²) >= 11 is 0. The van der Waals surface area contributed by atoms with Crippen LogP contribution in [0.2, 0.25) is 0 Å². The Balaban J connectivity index is 1.54. The molecule has 0 aliphatic heterocycles. The Morgan fingerprint density at radius 1 is 1.08 bits per heavy atom. The molecule has 3 aromatic rings. The number of hydrogen-bond donors (Lipinski definition) is 1. The van der Waals surface area contributed by atoms with E-state index in [4.69, 9.17) is 0 Å². The molecule has 1 aliphatic carbocycles. The van der Waals surface area contributed by atoms with Crippen LogP contribution in [-0.2, 0) is 11.3 Å². The second kappa shape index (κ2) is 7.68. The quantitative estimate of drug-likeness (QED) is 0.760. The standard InChI is InChI=1S/C21H24N4O/c26-20(24-17-8-2-1-3-9-17)11-14-25-19(18-10-4-5-12-22-18)15-16-7-6-13-23-21(16)25/h4-7,10,12-13,15,17H,1-3,8-9,11,14H2,(H,24,26). The molecule has 0 bridgehead atoms. The van der Waals surface area contributed by atoms with Crippen LogP contribution in [0.4, 0.5) is 0 Å². The van der Waals surface area contributed by atoms with Crippen molar-refractivity contribution < 1.29 is 4.79 Å². The molecule has 1 amide bonds. The minimum atomic E-state index is 0.127. The van der Waals surface area contributed by atoms with Crippen molar-refractivity contribution in [3.63, 3.8) is 0 Å². The Hall–Kier alpha value is -2.69. The first-order valence-electron chi connectivity index (χ1n) is 9.46. The molecule has 0 spiro atoms. The molecule has 0 radical (unpaired) electrons. The zero-order valence-electron chi connectivity index (χ0n) is 14.9. The van der Waals surface area contributed by atoms with Crippen LogP contribution in [0.3, 0.4) is 0 Å². The van der Waals surface area contributed by atoms with Gasteiger partial charge in [-0.15, -0.1) is 0 Å². The lowest BCUT2D eigenvalue weighted by atomic mass is 9.95. The fourth-order valence-corrected chi connectivity index (χ4v) is 3.80. The van der Waals surface area contributed by atoms with Crippen LogP contribution < -0.4 is 5.32 Å². The van der Waals surface area contributed by atoms with E-state index in [2.05, 4.69) is 25.9 Å². The smallest absolute Gasteiger partial charge is 0.222 e. The van der Waals surface area contributed by atoms with Gasteiger partial charge in [0.2, 0.25) is 5.91 Å².